The van der Waals surface area contributed by atoms with Gasteiger partial charge in [-0.15, -0.1) is 5.73 Å². The molecule has 2 nitrogen and oxygen atoms in total. The maximum absolute atomic E-state index is 5.44. The molecule has 0 aliphatic rings. The summed E-state index contributed by atoms with van der Waals surface area (Å²) in [4.78, 5) is 0. The number of methoxy groups -OCH3 is 1. The second-order valence-electron chi connectivity index (χ2n) is 2.87. The Bertz CT molecular complexity index is 349. The van der Waals surface area contributed by atoms with Gasteiger partial charge >= 0.3 is 0 Å². The molecule has 0 fully saturated rings. The fraction of sp³-hybridized carbons (Fsp3) is 0.250. The van der Waals surface area contributed by atoms with E-state index in [1.165, 1.54) is 0 Å². The van der Waals surface area contributed by atoms with Crippen molar-refractivity contribution in [2.24, 2.45) is 0 Å². The first-order valence-corrected chi connectivity index (χ1v) is 4.39. The molecule has 0 N–H and O–H groups in total. The van der Waals surface area contributed by atoms with E-state index in [1.807, 2.05) is 25.1 Å². The summed E-state index contributed by atoms with van der Waals surface area (Å²) < 4.78 is 10.6. The van der Waals surface area contributed by atoms with Crippen molar-refractivity contribution in [1.82, 2.24) is 0 Å². The van der Waals surface area contributed by atoms with Gasteiger partial charge < -0.3 is 9.47 Å². The number of hydrogen-bond donors (Lipinski definition) is 0. The Morgan fingerprint density at radius 2 is 2.21 bits per heavy atom. The van der Waals surface area contributed by atoms with Gasteiger partial charge in [0.1, 0.15) is 6.61 Å². The van der Waals surface area contributed by atoms with Gasteiger partial charge in [0.05, 0.1) is 7.11 Å². The minimum atomic E-state index is 0.461. The zero-order valence-electron chi connectivity index (χ0n) is 8.54. The van der Waals surface area contributed by atoms with E-state index in [-0.39, 0.29) is 0 Å². The first-order valence-electron chi connectivity index (χ1n) is 4.39. The molecule has 74 valence electrons. The smallest absolute Gasteiger partial charge is 0.161 e. The second kappa shape index (κ2) is 5.15. The number of hydrogen-bond acceptors (Lipinski definition) is 2. The Morgan fingerprint density at radius 3 is 2.86 bits per heavy atom. The van der Waals surface area contributed by atoms with Crippen LogP contribution in [0.4, 0.5) is 0 Å². The molecule has 0 bridgehead atoms. The average molecular weight is 190 g/mol. The molecule has 0 saturated heterocycles. The molecule has 0 spiro atoms. The fourth-order valence-corrected chi connectivity index (χ4v) is 1.08. The standard InChI is InChI=1S/C12H14O2/c1-4-5-8-14-11-7-6-10(2)9-12(11)13-3/h5-7,9H,1,8H2,2-3H3. The average Bonchev–Trinajstić information content (AvgIpc) is 2.20. The molecule has 0 aromatic heterocycles. The Balaban J connectivity index is 2.79. The molecule has 2 heteroatoms. The van der Waals surface area contributed by atoms with Crippen LogP contribution in [0.1, 0.15) is 5.56 Å². The summed E-state index contributed by atoms with van der Waals surface area (Å²) >= 11 is 0. The number of ether oxygens (including phenoxy) is 2. The highest BCUT2D eigenvalue weighted by Gasteiger charge is 2.02. The minimum Gasteiger partial charge on any atom is -0.493 e. The molecule has 0 aliphatic carbocycles. The van der Waals surface area contributed by atoms with Crippen LogP contribution in [-0.2, 0) is 0 Å². The van der Waals surface area contributed by atoms with Crippen molar-refractivity contribution in [2.75, 3.05) is 13.7 Å². The van der Waals surface area contributed by atoms with Crippen molar-refractivity contribution in [3.05, 3.63) is 42.1 Å². The Hall–Kier alpha value is -1.66. The van der Waals surface area contributed by atoms with Crippen LogP contribution in [0.3, 0.4) is 0 Å². The molecule has 0 saturated carbocycles. The molecular formula is C12H14O2. The van der Waals surface area contributed by atoms with Gasteiger partial charge in [0.2, 0.25) is 0 Å². The zero-order chi connectivity index (χ0) is 10.4. The molecule has 1 aromatic carbocycles. The molecule has 0 radical (unpaired) electrons. The Kier molecular flexibility index (Phi) is 3.84. The highest BCUT2D eigenvalue weighted by atomic mass is 16.5. The van der Waals surface area contributed by atoms with Gasteiger partial charge in [-0.2, -0.15) is 0 Å². The molecule has 0 atom stereocenters. The third-order valence-electron chi connectivity index (χ3n) is 1.79. The number of rotatable bonds is 4. The molecule has 1 aromatic rings. The van der Waals surface area contributed by atoms with Gasteiger partial charge in [-0.3, -0.25) is 0 Å². The van der Waals surface area contributed by atoms with E-state index < -0.39 is 0 Å². The minimum absolute atomic E-state index is 0.461. The molecular weight excluding hydrogens is 176 g/mol. The first-order chi connectivity index (χ1) is 6.77. The second-order valence-corrected chi connectivity index (χ2v) is 2.87. The summed E-state index contributed by atoms with van der Waals surface area (Å²) in [5.41, 5.74) is 3.79. The normalized spacial score (nSPS) is 9.00. The van der Waals surface area contributed by atoms with Crippen molar-refractivity contribution in [2.45, 2.75) is 6.92 Å². The lowest BCUT2D eigenvalue weighted by molar-refractivity contribution is 0.326. The Labute approximate surface area is 84.5 Å². The monoisotopic (exact) mass is 190 g/mol. The van der Waals surface area contributed by atoms with Crippen molar-refractivity contribution in [3.8, 4) is 11.5 Å². The van der Waals surface area contributed by atoms with E-state index in [2.05, 4.69) is 12.3 Å². The van der Waals surface area contributed by atoms with Crippen molar-refractivity contribution < 1.29 is 9.47 Å². The van der Waals surface area contributed by atoms with Crippen LogP contribution >= 0.6 is 0 Å². The first kappa shape index (κ1) is 10.4. The summed E-state index contributed by atoms with van der Waals surface area (Å²) in [7, 11) is 1.63. The summed E-state index contributed by atoms with van der Waals surface area (Å²) in [5.74, 6) is 1.49. The molecule has 0 heterocycles. The van der Waals surface area contributed by atoms with E-state index in [0.717, 1.165) is 17.1 Å². The van der Waals surface area contributed by atoms with E-state index in [0.29, 0.717) is 6.61 Å². The van der Waals surface area contributed by atoms with Gasteiger partial charge in [-0.25, -0.2) is 0 Å². The third-order valence-corrected chi connectivity index (χ3v) is 1.79. The predicted octanol–water partition coefficient (Wildman–Crippen LogP) is 2.72. The van der Waals surface area contributed by atoms with Gasteiger partial charge in [-0.05, 0) is 30.7 Å². The highest BCUT2D eigenvalue weighted by Crippen LogP contribution is 2.27. The third kappa shape index (κ3) is 2.68. The van der Waals surface area contributed by atoms with Gasteiger partial charge in [0.15, 0.2) is 11.5 Å². The van der Waals surface area contributed by atoms with Crippen LogP contribution in [0.25, 0.3) is 0 Å². The van der Waals surface area contributed by atoms with Crippen molar-refractivity contribution in [1.29, 1.82) is 0 Å². The van der Waals surface area contributed by atoms with Crippen LogP contribution in [0.5, 0.6) is 11.5 Å². The largest absolute Gasteiger partial charge is 0.493 e. The summed E-state index contributed by atoms with van der Waals surface area (Å²) in [6.07, 6.45) is 1.72. The van der Waals surface area contributed by atoms with Gasteiger partial charge in [-0.1, -0.05) is 12.6 Å². The van der Waals surface area contributed by atoms with Crippen molar-refractivity contribution in [3.63, 3.8) is 0 Å². The maximum Gasteiger partial charge on any atom is 0.161 e. The topological polar surface area (TPSA) is 18.5 Å². The van der Waals surface area contributed by atoms with Crippen LogP contribution < -0.4 is 9.47 Å². The van der Waals surface area contributed by atoms with Crippen LogP contribution in [-0.4, -0.2) is 13.7 Å². The molecule has 0 unspecified atom stereocenters. The zero-order valence-corrected chi connectivity index (χ0v) is 8.54. The van der Waals surface area contributed by atoms with Crippen LogP contribution in [0.2, 0.25) is 0 Å². The van der Waals surface area contributed by atoms with E-state index in [9.17, 15) is 0 Å². The maximum atomic E-state index is 5.44. The highest BCUT2D eigenvalue weighted by molar-refractivity contribution is 5.42. The lowest BCUT2D eigenvalue weighted by Crippen LogP contribution is -1.96. The molecule has 0 aliphatic heterocycles. The van der Waals surface area contributed by atoms with E-state index in [1.54, 1.807) is 13.2 Å². The number of benzene rings is 1. The van der Waals surface area contributed by atoms with Crippen molar-refractivity contribution >= 4 is 0 Å². The van der Waals surface area contributed by atoms with Crippen LogP contribution in [0, 0.1) is 6.92 Å². The summed E-state index contributed by atoms with van der Waals surface area (Å²) in [5, 5.41) is 0. The van der Waals surface area contributed by atoms with Gasteiger partial charge in [0, 0.05) is 0 Å². The lowest BCUT2D eigenvalue weighted by atomic mass is 10.2. The van der Waals surface area contributed by atoms with E-state index >= 15 is 0 Å². The summed E-state index contributed by atoms with van der Waals surface area (Å²) in [6.45, 7) is 5.93. The SMILES string of the molecule is C=C=CCOc1ccc(C)cc1OC. The molecule has 0 amide bonds. The predicted molar refractivity (Wildman–Crippen MR) is 56.9 cm³/mol. The summed E-state index contributed by atoms with van der Waals surface area (Å²) in [6, 6.07) is 5.81. The quantitative estimate of drug-likeness (QED) is 0.680. The molecule has 1 rings (SSSR count). The van der Waals surface area contributed by atoms with E-state index in [4.69, 9.17) is 9.47 Å². The lowest BCUT2D eigenvalue weighted by Gasteiger charge is -2.09. The Morgan fingerprint density at radius 1 is 1.43 bits per heavy atom. The number of aryl methyl sites for hydroxylation is 1. The van der Waals surface area contributed by atoms with Gasteiger partial charge in [0.25, 0.3) is 0 Å². The fourth-order valence-electron chi connectivity index (χ4n) is 1.08. The molecule has 14 heavy (non-hydrogen) atoms. The van der Waals surface area contributed by atoms with Crippen LogP contribution in [0.15, 0.2) is 36.6 Å².